The second-order valence-electron chi connectivity index (χ2n) is 3.30. The van der Waals surface area contributed by atoms with E-state index in [0.717, 1.165) is 0 Å². The van der Waals surface area contributed by atoms with Crippen LogP contribution in [0.25, 0.3) is 0 Å². The van der Waals surface area contributed by atoms with E-state index in [1.54, 1.807) is 11.9 Å². The van der Waals surface area contributed by atoms with Crippen LogP contribution in [0.5, 0.6) is 0 Å². The monoisotopic (exact) mass is 258 g/mol. The number of nitrogens with two attached hydrogens (primary N) is 1. The van der Waals surface area contributed by atoms with Crippen LogP contribution < -0.4 is 16.6 Å². The molecule has 0 unspecified atom stereocenters. The van der Waals surface area contributed by atoms with Crippen LogP contribution in [0.4, 0.5) is 11.8 Å². The Hall–Kier alpha value is -1.60. The minimum absolute atomic E-state index is 0.0514. The van der Waals surface area contributed by atoms with Crippen molar-refractivity contribution in [2.24, 2.45) is 5.84 Å². The number of halogens is 1. The van der Waals surface area contributed by atoms with Gasteiger partial charge in [-0.25, -0.2) is 10.8 Å². The number of nitrogens with zero attached hydrogens (tertiary/aromatic N) is 3. The van der Waals surface area contributed by atoms with Gasteiger partial charge in [-0.05, 0) is 6.92 Å². The maximum Gasteiger partial charge on any atom is 0.241 e. The Balaban J connectivity index is 2.65. The van der Waals surface area contributed by atoms with Gasteiger partial charge in [0, 0.05) is 13.6 Å². The Morgan fingerprint density at radius 3 is 2.94 bits per heavy atom. The molecule has 0 saturated heterocycles. The molecule has 0 fully saturated rings. The lowest BCUT2D eigenvalue weighted by Crippen LogP contribution is -2.32. The van der Waals surface area contributed by atoms with Gasteiger partial charge in [-0.2, -0.15) is 4.98 Å². The van der Waals surface area contributed by atoms with Crippen molar-refractivity contribution in [1.29, 1.82) is 0 Å². The fourth-order valence-electron chi connectivity index (χ4n) is 1.03. The van der Waals surface area contributed by atoms with Gasteiger partial charge in [-0.15, -0.1) is 0 Å². The second kappa shape index (κ2) is 6.21. The quantitative estimate of drug-likeness (QED) is 0.520. The summed E-state index contributed by atoms with van der Waals surface area (Å²) >= 11 is 5.87. The highest BCUT2D eigenvalue weighted by Crippen LogP contribution is 2.18. The first-order valence-electron chi connectivity index (χ1n) is 5.05. The summed E-state index contributed by atoms with van der Waals surface area (Å²) in [5.74, 6) is 5.72. The van der Waals surface area contributed by atoms with Gasteiger partial charge in [0.25, 0.3) is 0 Å². The molecule has 0 saturated carbocycles. The summed E-state index contributed by atoms with van der Waals surface area (Å²) in [5, 5.41) is 3.16. The largest absolute Gasteiger partial charge is 0.360 e. The first-order valence-corrected chi connectivity index (χ1v) is 5.43. The van der Waals surface area contributed by atoms with Crippen molar-refractivity contribution in [2.75, 3.05) is 30.9 Å². The zero-order chi connectivity index (χ0) is 12.8. The summed E-state index contributed by atoms with van der Waals surface area (Å²) in [6.07, 6.45) is 1.40. The van der Waals surface area contributed by atoms with Crippen LogP contribution in [0.2, 0.25) is 5.02 Å². The van der Waals surface area contributed by atoms with Crippen LogP contribution >= 0.6 is 11.6 Å². The topological polar surface area (TPSA) is 96.2 Å². The number of hydrogen-bond acceptors (Lipinski definition) is 6. The Bertz CT molecular complexity index is 399. The van der Waals surface area contributed by atoms with E-state index in [-0.39, 0.29) is 18.4 Å². The molecule has 8 heteroatoms. The Morgan fingerprint density at radius 2 is 2.35 bits per heavy atom. The molecule has 94 valence electrons. The molecule has 1 rings (SSSR count). The van der Waals surface area contributed by atoms with Crippen molar-refractivity contribution < 1.29 is 4.79 Å². The van der Waals surface area contributed by atoms with Gasteiger partial charge < -0.3 is 10.2 Å². The van der Waals surface area contributed by atoms with Crippen molar-refractivity contribution >= 4 is 29.3 Å². The highest BCUT2D eigenvalue weighted by molar-refractivity contribution is 6.32. The van der Waals surface area contributed by atoms with E-state index in [2.05, 4.69) is 20.7 Å². The highest BCUT2D eigenvalue weighted by Gasteiger charge is 2.09. The molecule has 7 nitrogen and oxygen atoms in total. The van der Waals surface area contributed by atoms with Crippen molar-refractivity contribution in [3.8, 4) is 0 Å². The van der Waals surface area contributed by atoms with Crippen LogP contribution in [0.1, 0.15) is 6.92 Å². The first-order chi connectivity index (χ1) is 8.08. The summed E-state index contributed by atoms with van der Waals surface area (Å²) in [4.78, 5) is 20.9. The van der Waals surface area contributed by atoms with Crippen LogP contribution in [0.15, 0.2) is 6.20 Å². The van der Waals surface area contributed by atoms with E-state index in [9.17, 15) is 4.79 Å². The normalized spacial score (nSPS) is 9.88. The first kappa shape index (κ1) is 13.5. The average molecular weight is 259 g/mol. The Kier molecular flexibility index (Phi) is 4.92. The van der Waals surface area contributed by atoms with Gasteiger partial charge in [0.2, 0.25) is 11.9 Å². The molecular formula is C9H15ClN6O. The summed E-state index contributed by atoms with van der Waals surface area (Å²) in [7, 11) is 1.72. The number of aromatic nitrogens is 2. The van der Waals surface area contributed by atoms with E-state index in [1.807, 2.05) is 6.92 Å². The van der Waals surface area contributed by atoms with E-state index in [1.165, 1.54) is 6.20 Å². The number of carbonyl (C=O) groups excluding carboxylic acids is 1. The number of hydrogen-bond donors (Lipinski definition) is 3. The molecule has 0 aromatic carbocycles. The number of nitrogens with one attached hydrogen (secondary N) is 2. The lowest BCUT2D eigenvalue weighted by molar-refractivity contribution is -0.127. The number of nitrogen functional groups attached to an aromatic ring is 1. The number of carbonyl (C=O) groups is 1. The van der Waals surface area contributed by atoms with Crippen molar-refractivity contribution in [1.82, 2.24) is 14.9 Å². The zero-order valence-corrected chi connectivity index (χ0v) is 10.5. The van der Waals surface area contributed by atoms with Crippen molar-refractivity contribution in [3.63, 3.8) is 0 Å². The summed E-state index contributed by atoms with van der Waals surface area (Å²) in [5.41, 5.74) is 2.30. The smallest absolute Gasteiger partial charge is 0.241 e. The fraction of sp³-hybridized carbons (Fsp3) is 0.444. The molecule has 1 aromatic rings. The number of amides is 1. The van der Waals surface area contributed by atoms with Gasteiger partial charge >= 0.3 is 0 Å². The van der Waals surface area contributed by atoms with Crippen LogP contribution in [-0.2, 0) is 4.79 Å². The molecule has 0 aliphatic rings. The maximum atomic E-state index is 11.5. The average Bonchev–Trinajstić information content (AvgIpc) is 2.36. The minimum Gasteiger partial charge on any atom is -0.360 e. The minimum atomic E-state index is -0.0514. The van der Waals surface area contributed by atoms with Crippen LogP contribution in [0, 0.1) is 0 Å². The Labute approximate surface area is 104 Å². The molecular weight excluding hydrogens is 244 g/mol. The third-order valence-electron chi connectivity index (χ3n) is 2.18. The van der Waals surface area contributed by atoms with Gasteiger partial charge in [-0.1, -0.05) is 11.6 Å². The molecule has 0 bridgehead atoms. The lowest BCUT2D eigenvalue weighted by Gasteiger charge is -2.15. The van der Waals surface area contributed by atoms with Gasteiger partial charge in [0.05, 0.1) is 12.7 Å². The van der Waals surface area contributed by atoms with Gasteiger partial charge in [-0.3, -0.25) is 10.2 Å². The third-order valence-corrected chi connectivity index (χ3v) is 2.46. The van der Waals surface area contributed by atoms with Crippen LogP contribution in [0.3, 0.4) is 0 Å². The molecule has 0 spiro atoms. The molecule has 1 heterocycles. The molecule has 0 radical (unpaired) electrons. The number of anilines is 2. The molecule has 0 aliphatic heterocycles. The molecule has 0 atom stereocenters. The molecule has 1 aromatic heterocycles. The molecule has 0 aliphatic carbocycles. The predicted molar refractivity (Wildman–Crippen MR) is 66.7 cm³/mol. The molecule has 17 heavy (non-hydrogen) atoms. The van der Waals surface area contributed by atoms with E-state index >= 15 is 0 Å². The van der Waals surface area contributed by atoms with Crippen molar-refractivity contribution in [3.05, 3.63) is 11.2 Å². The van der Waals surface area contributed by atoms with E-state index < -0.39 is 0 Å². The predicted octanol–water partition coefficient (Wildman–Crippen LogP) is 0.306. The fourth-order valence-corrected chi connectivity index (χ4v) is 1.19. The summed E-state index contributed by atoms with van der Waals surface area (Å²) in [6, 6.07) is 0. The number of rotatable bonds is 5. The second-order valence-corrected chi connectivity index (χ2v) is 3.70. The summed E-state index contributed by atoms with van der Waals surface area (Å²) < 4.78 is 0. The molecule has 4 N–H and O–H groups in total. The number of hydrazine groups is 1. The van der Waals surface area contributed by atoms with Gasteiger partial charge in [0.1, 0.15) is 5.02 Å². The molecule has 1 amide bonds. The lowest BCUT2D eigenvalue weighted by atomic mass is 10.4. The maximum absolute atomic E-state index is 11.5. The van der Waals surface area contributed by atoms with Gasteiger partial charge in [0.15, 0.2) is 5.82 Å². The van der Waals surface area contributed by atoms with E-state index in [0.29, 0.717) is 17.4 Å². The SMILES string of the molecule is CCN(C)C(=O)CNc1nc(NN)ncc1Cl. The third kappa shape index (κ3) is 3.72. The van der Waals surface area contributed by atoms with Crippen LogP contribution in [-0.4, -0.2) is 40.9 Å². The highest BCUT2D eigenvalue weighted by atomic mass is 35.5. The summed E-state index contributed by atoms with van der Waals surface area (Å²) in [6.45, 7) is 2.66. The number of likely N-dealkylation sites (N-methyl/N-ethyl adjacent to an activating group) is 1. The zero-order valence-electron chi connectivity index (χ0n) is 9.70. The van der Waals surface area contributed by atoms with E-state index in [4.69, 9.17) is 17.4 Å². The Morgan fingerprint density at radius 1 is 1.65 bits per heavy atom. The van der Waals surface area contributed by atoms with Crippen molar-refractivity contribution in [2.45, 2.75) is 6.92 Å². The standard InChI is InChI=1S/C9H15ClN6O/c1-3-16(2)7(17)5-12-8-6(10)4-13-9(14-8)15-11/h4H,3,5,11H2,1-2H3,(H2,12,13,14,15).